The zero-order chi connectivity index (χ0) is 16.2. The van der Waals surface area contributed by atoms with Crippen LogP contribution in [0.15, 0.2) is 42.5 Å². The molecule has 0 aliphatic rings. The minimum atomic E-state index is -0.747. The van der Waals surface area contributed by atoms with Gasteiger partial charge in [0.15, 0.2) is 6.61 Å². The van der Waals surface area contributed by atoms with Crippen molar-refractivity contribution in [3.63, 3.8) is 0 Å². The Morgan fingerprint density at radius 1 is 1.23 bits per heavy atom. The fourth-order valence-corrected chi connectivity index (χ4v) is 1.44. The van der Waals surface area contributed by atoms with Gasteiger partial charge in [0.1, 0.15) is 5.75 Å². The molecule has 0 aliphatic carbocycles. The summed E-state index contributed by atoms with van der Waals surface area (Å²) in [5, 5.41) is 8.61. The molecule has 0 fully saturated rings. The standard InChI is InChI=1S/C16H22O6/c1-13(2)16(18)21-12-15(20-11-10-19-9-8-17)22-14-6-4-3-5-7-14/h3-7,15,17H,1,8-12H2,2H3. The predicted molar refractivity (Wildman–Crippen MR) is 80.5 cm³/mol. The molecule has 1 aromatic carbocycles. The van der Waals surface area contributed by atoms with Crippen LogP contribution in [-0.4, -0.2) is 50.4 Å². The molecule has 0 amide bonds. The van der Waals surface area contributed by atoms with Crippen molar-refractivity contribution in [2.24, 2.45) is 0 Å². The first-order valence-corrected chi connectivity index (χ1v) is 6.98. The van der Waals surface area contributed by atoms with Crippen molar-refractivity contribution in [1.29, 1.82) is 0 Å². The lowest BCUT2D eigenvalue weighted by Gasteiger charge is -2.19. The number of para-hydroxylation sites is 1. The molecule has 0 saturated carbocycles. The first-order valence-electron chi connectivity index (χ1n) is 6.98. The Morgan fingerprint density at radius 2 is 1.95 bits per heavy atom. The van der Waals surface area contributed by atoms with Crippen LogP contribution < -0.4 is 4.74 Å². The Balaban J connectivity index is 2.45. The molecule has 0 bridgehead atoms. The van der Waals surface area contributed by atoms with Crippen LogP contribution in [0.3, 0.4) is 0 Å². The van der Waals surface area contributed by atoms with Gasteiger partial charge >= 0.3 is 5.97 Å². The molecule has 0 saturated heterocycles. The van der Waals surface area contributed by atoms with Gasteiger partial charge in [-0.25, -0.2) is 4.79 Å². The monoisotopic (exact) mass is 310 g/mol. The van der Waals surface area contributed by atoms with E-state index in [2.05, 4.69) is 6.58 Å². The maximum absolute atomic E-state index is 11.4. The number of hydrogen-bond acceptors (Lipinski definition) is 6. The van der Waals surface area contributed by atoms with Crippen LogP contribution in [0.5, 0.6) is 5.75 Å². The second-order valence-corrected chi connectivity index (χ2v) is 4.45. The van der Waals surface area contributed by atoms with Gasteiger partial charge in [-0.05, 0) is 19.1 Å². The van der Waals surface area contributed by atoms with Gasteiger partial charge in [-0.15, -0.1) is 0 Å². The fourth-order valence-electron chi connectivity index (χ4n) is 1.44. The van der Waals surface area contributed by atoms with E-state index in [4.69, 9.17) is 24.1 Å². The molecule has 1 atom stereocenters. The number of aliphatic hydroxyl groups excluding tert-OH is 1. The van der Waals surface area contributed by atoms with E-state index in [1.807, 2.05) is 18.2 Å². The van der Waals surface area contributed by atoms with Crippen molar-refractivity contribution < 1.29 is 28.8 Å². The lowest BCUT2D eigenvalue weighted by Crippen LogP contribution is -2.29. The number of aliphatic hydroxyl groups is 1. The van der Waals surface area contributed by atoms with Crippen LogP contribution >= 0.6 is 0 Å². The third kappa shape index (κ3) is 7.78. The maximum Gasteiger partial charge on any atom is 0.333 e. The molecule has 1 unspecified atom stereocenters. The predicted octanol–water partition coefficient (Wildman–Crippen LogP) is 1.54. The molecule has 0 heterocycles. The van der Waals surface area contributed by atoms with Gasteiger partial charge in [0.05, 0.1) is 26.4 Å². The fraction of sp³-hybridized carbons (Fsp3) is 0.438. The lowest BCUT2D eigenvalue weighted by molar-refractivity contribution is -0.158. The van der Waals surface area contributed by atoms with Gasteiger partial charge in [0.25, 0.3) is 0 Å². The summed E-state index contributed by atoms with van der Waals surface area (Å²) >= 11 is 0. The number of benzene rings is 1. The highest BCUT2D eigenvalue weighted by Crippen LogP contribution is 2.12. The average Bonchev–Trinajstić information content (AvgIpc) is 2.52. The summed E-state index contributed by atoms with van der Waals surface area (Å²) < 4.78 is 21.2. The Bertz CT molecular complexity index is 445. The SMILES string of the molecule is C=C(C)C(=O)OCC(OCCOCCO)Oc1ccccc1. The third-order valence-electron chi connectivity index (χ3n) is 2.48. The Kier molecular flexibility index (Phi) is 8.90. The van der Waals surface area contributed by atoms with Crippen molar-refractivity contribution in [3.8, 4) is 5.75 Å². The smallest absolute Gasteiger partial charge is 0.333 e. The summed E-state index contributed by atoms with van der Waals surface area (Å²) in [4.78, 5) is 11.4. The molecule has 22 heavy (non-hydrogen) atoms. The van der Waals surface area contributed by atoms with Crippen LogP contribution in [0.1, 0.15) is 6.92 Å². The molecule has 6 nitrogen and oxygen atoms in total. The summed E-state index contributed by atoms with van der Waals surface area (Å²) in [6.45, 7) is 5.79. The largest absolute Gasteiger partial charge is 0.461 e. The van der Waals surface area contributed by atoms with E-state index in [1.54, 1.807) is 19.1 Å². The molecular weight excluding hydrogens is 288 g/mol. The molecule has 6 heteroatoms. The van der Waals surface area contributed by atoms with Gasteiger partial charge in [-0.1, -0.05) is 24.8 Å². The second-order valence-electron chi connectivity index (χ2n) is 4.45. The maximum atomic E-state index is 11.4. The number of esters is 1. The summed E-state index contributed by atoms with van der Waals surface area (Å²) in [7, 11) is 0. The van der Waals surface area contributed by atoms with Gasteiger partial charge in [-0.3, -0.25) is 0 Å². The molecule has 0 radical (unpaired) electrons. The Labute approximate surface area is 130 Å². The molecule has 0 aromatic heterocycles. The summed E-state index contributed by atoms with van der Waals surface area (Å²) in [6, 6.07) is 9.08. The van der Waals surface area contributed by atoms with Crippen molar-refractivity contribution in [1.82, 2.24) is 0 Å². The number of carbonyl (C=O) groups is 1. The van der Waals surface area contributed by atoms with Gasteiger partial charge in [-0.2, -0.15) is 0 Å². The highest BCUT2D eigenvalue weighted by molar-refractivity contribution is 5.86. The number of ether oxygens (including phenoxy) is 4. The second kappa shape index (κ2) is 10.8. The number of rotatable bonds is 11. The first kappa shape index (κ1) is 18.2. The highest BCUT2D eigenvalue weighted by atomic mass is 16.7. The molecule has 122 valence electrons. The summed E-state index contributed by atoms with van der Waals surface area (Å²) in [6.07, 6.45) is -0.747. The third-order valence-corrected chi connectivity index (χ3v) is 2.48. The first-order chi connectivity index (χ1) is 10.6. The van der Waals surface area contributed by atoms with Gasteiger partial charge in [0, 0.05) is 5.57 Å². The van der Waals surface area contributed by atoms with E-state index in [-0.39, 0.29) is 26.4 Å². The normalized spacial score (nSPS) is 11.7. The number of carbonyl (C=O) groups excluding carboxylic acids is 1. The zero-order valence-corrected chi connectivity index (χ0v) is 12.7. The van der Waals surface area contributed by atoms with E-state index >= 15 is 0 Å². The van der Waals surface area contributed by atoms with Crippen LogP contribution in [0, 0.1) is 0 Å². The topological polar surface area (TPSA) is 74.2 Å². The van der Waals surface area contributed by atoms with Crippen LogP contribution in [-0.2, 0) is 19.0 Å². The molecule has 1 aromatic rings. The Morgan fingerprint density at radius 3 is 2.59 bits per heavy atom. The van der Waals surface area contributed by atoms with Crippen molar-refractivity contribution in [2.45, 2.75) is 13.2 Å². The Hall–Kier alpha value is -1.89. The van der Waals surface area contributed by atoms with Crippen molar-refractivity contribution in [2.75, 3.05) is 33.0 Å². The molecule has 0 spiro atoms. The van der Waals surface area contributed by atoms with E-state index in [9.17, 15) is 4.79 Å². The molecule has 1 N–H and O–H groups in total. The van der Waals surface area contributed by atoms with E-state index in [0.29, 0.717) is 17.9 Å². The summed E-state index contributed by atoms with van der Waals surface area (Å²) in [5.41, 5.74) is 0.310. The summed E-state index contributed by atoms with van der Waals surface area (Å²) in [5.74, 6) is 0.108. The zero-order valence-electron chi connectivity index (χ0n) is 12.7. The minimum absolute atomic E-state index is 0.0415. The van der Waals surface area contributed by atoms with Gasteiger partial charge in [0.2, 0.25) is 6.29 Å². The van der Waals surface area contributed by atoms with E-state index < -0.39 is 12.3 Å². The van der Waals surface area contributed by atoms with Crippen LogP contribution in [0.4, 0.5) is 0 Å². The highest BCUT2D eigenvalue weighted by Gasteiger charge is 2.14. The molecular formula is C16H22O6. The molecule has 0 aliphatic heterocycles. The van der Waals surface area contributed by atoms with Crippen molar-refractivity contribution in [3.05, 3.63) is 42.5 Å². The van der Waals surface area contributed by atoms with E-state index in [0.717, 1.165) is 0 Å². The number of hydrogen-bond donors (Lipinski definition) is 1. The molecule has 1 rings (SSSR count). The van der Waals surface area contributed by atoms with Crippen LogP contribution in [0.2, 0.25) is 0 Å². The van der Waals surface area contributed by atoms with Crippen molar-refractivity contribution >= 4 is 5.97 Å². The van der Waals surface area contributed by atoms with E-state index in [1.165, 1.54) is 0 Å². The van der Waals surface area contributed by atoms with Gasteiger partial charge < -0.3 is 24.1 Å². The van der Waals surface area contributed by atoms with Crippen LogP contribution in [0.25, 0.3) is 0 Å². The lowest BCUT2D eigenvalue weighted by atomic mass is 10.3. The average molecular weight is 310 g/mol. The quantitative estimate of drug-likeness (QED) is 0.289. The minimum Gasteiger partial charge on any atom is -0.461 e.